The molecule has 0 amide bonds. The Morgan fingerprint density at radius 3 is 2.32 bits per heavy atom. The molecule has 0 aromatic heterocycles. The van der Waals surface area contributed by atoms with Crippen LogP contribution in [0.4, 0.5) is 15.8 Å². The van der Waals surface area contributed by atoms with Crippen molar-refractivity contribution in [3.8, 4) is 0 Å². The van der Waals surface area contributed by atoms with Gasteiger partial charge in [-0.3, -0.25) is 15.5 Å². The smallest absolute Gasteiger partial charge is 0.269 e. The van der Waals surface area contributed by atoms with Gasteiger partial charge in [0.15, 0.2) is 0 Å². The fraction of sp³-hybridized carbons (Fsp3) is 0. The van der Waals surface area contributed by atoms with Crippen LogP contribution in [0.5, 0.6) is 0 Å². The van der Waals surface area contributed by atoms with E-state index < -0.39 is 4.92 Å². The fourth-order valence-electron chi connectivity index (χ4n) is 1.39. The largest absolute Gasteiger partial charge is 0.278 e. The Morgan fingerprint density at radius 2 is 1.74 bits per heavy atom. The molecule has 5 nitrogen and oxygen atoms in total. The molecule has 0 unspecified atom stereocenters. The van der Waals surface area contributed by atoms with Crippen LogP contribution in [0.2, 0.25) is 0 Å². The second kappa shape index (κ2) is 5.72. The van der Waals surface area contributed by atoms with Crippen LogP contribution in [0.25, 0.3) is 0 Å². The van der Waals surface area contributed by atoms with Crippen molar-refractivity contribution in [3.05, 3.63) is 70.0 Å². The average molecular weight is 259 g/mol. The molecule has 0 aliphatic carbocycles. The zero-order valence-electron chi connectivity index (χ0n) is 9.79. The van der Waals surface area contributed by atoms with Gasteiger partial charge in [0.1, 0.15) is 5.82 Å². The maximum Gasteiger partial charge on any atom is 0.269 e. The lowest BCUT2D eigenvalue weighted by atomic mass is 10.2. The number of nitrogens with zero attached hydrogens (tertiary/aromatic N) is 2. The zero-order chi connectivity index (χ0) is 13.7. The van der Waals surface area contributed by atoms with E-state index in [1.54, 1.807) is 24.3 Å². The number of hydrogen-bond acceptors (Lipinski definition) is 4. The van der Waals surface area contributed by atoms with Gasteiger partial charge in [0.25, 0.3) is 5.69 Å². The normalized spacial score (nSPS) is 10.6. The van der Waals surface area contributed by atoms with E-state index in [2.05, 4.69) is 10.5 Å². The van der Waals surface area contributed by atoms with Crippen LogP contribution >= 0.6 is 0 Å². The van der Waals surface area contributed by atoms with Crippen molar-refractivity contribution in [3.63, 3.8) is 0 Å². The quantitative estimate of drug-likeness (QED) is 0.521. The molecular weight excluding hydrogens is 249 g/mol. The molecule has 96 valence electrons. The number of non-ortho nitro benzene ring substituents is 1. The molecule has 0 aliphatic rings. The maximum absolute atomic E-state index is 12.7. The number of nitro benzene ring substituents is 1. The van der Waals surface area contributed by atoms with Crippen molar-refractivity contribution in [1.82, 2.24) is 0 Å². The monoisotopic (exact) mass is 259 g/mol. The summed E-state index contributed by atoms with van der Waals surface area (Å²) in [5, 5.41) is 14.4. The summed E-state index contributed by atoms with van der Waals surface area (Å²) in [7, 11) is 0. The maximum atomic E-state index is 12.7. The number of benzene rings is 2. The first-order chi connectivity index (χ1) is 9.15. The van der Waals surface area contributed by atoms with Crippen LogP contribution in [0.15, 0.2) is 53.6 Å². The zero-order valence-corrected chi connectivity index (χ0v) is 9.79. The van der Waals surface area contributed by atoms with E-state index in [1.807, 2.05) is 0 Å². The minimum Gasteiger partial charge on any atom is -0.278 e. The van der Waals surface area contributed by atoms with Crippen LogP contribution in [-0.2, 0) is 0 Å². The lowest BCUT2D eigenvalue weighted by molar-refractivity contribution is -0.384. The van der Waals surface area contributed by atoms with Gasteiger partial charge in [-0.2, -0.15) is 5.10 Å². The Balaban J connectivity index is 1.98. The molecule has 2 aromatic carbocycles. The summed E-state index contributed by atoms with van der Waals surface area (Å²) >= 11 is 0. The van der Waals surface area contributed by atoms with E-state index in [9.17, 15) is 14.5 Å². The van der Waals surface area contributed by atoms with Gasteiger partial charge < -0.3 is 0 Å². The third-order valence-electron chi connectivity index (χ3n) is 2.36. The summed E-state index contributed by atoms with van der Waals surface area (Å²) in [6.07, 6.45) is 1.53. The second-order valence-electron chi connectivity index (χ2n) is 3.73. The lowest BCUT2D eigenvalue weighted by Gasteiger charge is -1.99. The van der Waals surface area contributed by atoms with Gasteiger partial charge in [0.05, 0.1) is 16.8 Å². The summed E-state index contributed by atoms with van der Waals surface area (Å²) in [6.45, 7) is 0. The third kappa shape index (κ3) is 3.60. The number of hydrazone groups is 1. The van der Waals surface area contributed by atoms with Crippen molar-refractivity contribution in [2.75, 3.05) is 5.43 Å². The SMILES string of the molecule is O=[N+]([O-])c1ccc(NN=Cc2ccc(F)cc2)cc1. The molecule has 0 fully saturated rings. The van der Waals surface area contributed by atoms with Crippen molar-refractivity contribution in [2.24, 2.45) is 5.10 Å². The molecular formula is C13H10FN3O2. The van der Waals surface area contributed by atoms with Crippen molar-refractivity contribution in [1.29, 1.82) is 0 Å². The molecule has 2 rings (SSSR count). The first-order valence-electron chi connectivity index (χ1n) is 5.44. The fourth-order valence-corrected chi connectivity index (χ4v) is 1.39. The van der Waals surface area contributed by atoms with Crippen LogP contribution in [0.3, 0.4) is 0 Å². The summed E-state index contributed by atoms with van der Waals surface area (Å²) in [5.74, 6) is -0.305. The predicted molar refractivity (Wildman–Crippen MR) is 70.7 cm³/mol. The predicted octanol–water partition coefficient (Wildman–Crippen LogP) is 3.18. The van der Waals surface area contributed by atoms with Gasteiger partial charge in [-0.1, -0.05) is 12.1 Å². The summed E-state index contributed by atoms with van der Waals surface area (Å²) < 4.78 is 12.7. The molecule has 6 heteroatoms. The highest BCUT2D eigenvalue weighted by molar-refractivity contribution is 5.80. The van der Waals surface area contributed by atoms with Crippen molar-refractivity contribution < 1.29 is 9.31 Å². The van der Waals surface area contributed by atoms with E-state index >= 15 is 0 Å². The Morgan fingerprint density at radius 1 is 1.11 bits per heavy atom. The first kappa shape index (κ1) is 12.7. The van der Waals surface area contributed by atoms with E-state index in [0.29, 0.717) is 5.69 Å². The Labute approximate surface area is 108 Å². The molecule has 0 aliphatic heterocycles. The molecule has 0 bridgehead atoms. The second-order valence-corrected chi connectivity index (χ2v) is 3.73. The summed E-state index contributed by atoms with van der Waals surface area (Å²) in [4.78, 5) is 10.00. The third-order valence-corrected chi connectivity index (χ3v) is 2.36. The van der Waals surface area contributed by atoms with Crippen LogP contribution in [0, 0.1) is 15.9 Å². The van der Waals surface area contributed by atoms with Gasteiger partial charge in [0, 0.05) is 12.1 Å². The molecule has 0 spiro atoms. The number of nitrogens with one attached hydrogen (secondary N) is 1. The van der Waals surface area contributed by atoms with E-state index in [0.717, 1.165) is 5.56 Å². The summed E-state index contributed by atoms with van der Waals surface area (Å²) in [5.41, 5.74) is 4.12. The lowest BCUT2D eigenvalue weighted by Crippen LogP contribution is -1.92. The van der Waals surface area contributed by atoms with Crippen molar-refractivity contribution in [2.45, 2.75) is 0 Å². The highest BCUT2D eigenvalue weighted by atomic mass is 19.1. The Hall–Kier alpha value is -2.76. The summed E-state index contributed by atoms with van der Waals surface area (Å²) in [6, 6.07) is 11.7. The minimum atomic E-state index is -0.467. The molecule has 19 heavy (non-hydrogen) atoms. The molecule has 0 saturated heterocycles. The molecule has 0 atom stereocenters. The number of halogens is 1. The van der Waals surface area contributed by atoms with Crippen LogP contribution in [-0.4, -0.2) is 11.1 Å². The van der Waals surface area contributed by atoms with Gasteiger partial charge in [-0.05, 0) is 29.8 Å². The molecule has 0 saturated carbocycles. The molecule has 0 radical (unpaired) electrons. The first-order valence-corrected chi connectivity index (χ1v) is 5.44. The van der Waals surface area contributed by atoms with Crippen LogP contribution in [0.1, 0.15) is 5.56 Å². The highest BCUT2D eigenvalue weighted by Crippen LogP contribution is 2.15. The van der Waals surface area contributed by atoms with E-state index in [4.69, 9.17) is 0 Å². The topological polar surface area (TPSA) is 67.5 Å². The van der Waals surface area contributed by atoms with Gasteiger partial charge in [-0.25, -0.2) is 4.39 Å². The van der Waals surface area contributed by atoms with Gasteiger partial charge >= 0.3 is 0 Å². The van der Waals surface area contributed by atoms with E-state index in [1.165, 1.54) is 30.5 Å². The number of anilines is 1. The van der Waals surface area contributed by atoms with Gasteiger partial charge in [-0.15, -0.1) is 0 Å². The Bertz CT molecular complexity index is 594. The number of nitro groups is 1. The highest BCUT2D eigenvalue weighted by Gasteiger charge is 2.02. The number of rotatable bonds is 4. The van der Waals surface area contributed by atoms with E-state index in [-0.39, 0.29) is 11.5 Å². The Kier molecular flexibility index (Phi) is 3.82. The minimum absolute atomic E-state index is 0.0214. The molecule has 2 aromatic rings. The average Bonchev–Trinajstić information content (AvgIpc) is 2.41. The molecule has 0 heterocycles. The number of hydrogen-bond donors (Lipinski definition) is 1. The van der Waals surface area contributed by atoms with Crippen LogP contribution < -0.4 is 5.43 Å². The van der Waals surface area contributed by atoms with Gasteiger partial charge in [0.2, 0.25) is 0 Å². The standard InChI is InChI=1S/C13H10FN3O2/c14-11-3-1-10(2-4-11)9-15-16-12-5-7-13(8-6-12)17(18)19/h1-9,16H. The van der Waals surface area contributed by atoms with Crippen molar-refractivity contribution >= 4 is 17.6 Å². The molecule has 1 N–H and O–H groups in total.